The van der Waals surface area contributed by atoms with Gasteiger partial charge in [0.2, 0.25) is 5.91 Å². The molecule has 2 aromatic carbocycles. The molecule has 2 amide bonds. The number of hydrogen-bond donors (Lipinski definition) is 0. The number of benzene rings is 2. The van der Waals surface area contributed by atoms with E-state index in [1.807, 2.05) is 34.9 Å². The van der Waals surface area contributed by atoms with Crippen LogP contribution in [0.5, 0.6) is 5.75 Å². The van der Waals surface area contributed by atoms with Crippen molar-refractivity contribution >= 4 is 11.8 Å². The van der Waals surface area contributed by atoms with Gasteiger partial charge in [-0.15, -0.1) is 6.58 Å². The number of nitrogens with zero attached hydrogens (tertiary/aromatic N) is 2. The van der Waals surface area contributed by atoms with Crippen molar-refractivity contribution in [2.45, 2.75) is 70.6 Å². The fourth-order valence-corrected chi connectivity index (χ4v) is 5.44. The molecule has 0 aromatic heterocycles. The lowest BCUT2D eigenvalue weighted by Crippen LogP contribution is -2.46. The van der Waals surface area contributed by atoms with Gasteiger partial charge in [-0.05, 0) is 66.6 Å². The van der Waals surface area contributed by atoms with E-state index in [1.54, 1.807) is 25.1 Å². The molecule has 1 aliphatic heterocycles. The predicted octanol–water partition coefficient (Wildman–Crippen LogP) is 5.43. The van der Waals surface area contributed by atoms with E-state index >= 15 is 0 Å². The van der Waals surface area contributed by atoms with Crippen LogP contribution in [0.15, 0.2) is 55.1 Å². The van der Waals surface area contributed by atoms with Gasteiger partial charge < -0.3 is 14.5 Å². The first-order valence-corrected chi connectivity index (χ1v) is 12.7. The Morgan fingerprint density at radius 1 is 1.20 bits per heavy atom. The van der Waals surface area contributed by atoms with Crippen molar-refractivity contribution in [3.8, 4) is 5.75 Å². The molecular formula is C29H35FN2O3. The molecule has 2 atom stereocenters. The topological polar surface area (TPSA) is 49.9 Å². The Balaban J connectivity index is 1.63. The first kappa shape index (κ1) is 25.0. The summed E-state index contributed by atoms with van der Waals surface area (Å²) in [7, 11) is 0. The van der Waals surface area contributed by atoms with Gasteiger partial charge in [0, 0.05) is 26.1 Å². The highest BCUT2D eigenvalue weighted by atomic mass is 19.1. The number of ether oxygens (including phenoxy) is 1. The van der Waals surface area contributed by atoms with Gasteiger partial charge in [0.05, 0.1) is 6.04 Å². The van der Waals surface area contributed by atoms with Crippen LogP contribution in [0.25, 0.3) is 0 Å². The monoisotopic (exact) mass is 478 g/mol. The second kappa shape index (κ2) is 11.1. The normalized spacial score (nSPS) is 18.6. The number of rotatable bonds is 8. The highest BCUT2D eigenvalue weighted by molar-refractivity contribution is 5.82. The summed E-state index contributed by atoms with van der Waals surface area (Å²) in [5.74, 6) is 0.255. The molecule has 0 N–H and O–H groups in total. The average molecular weight is 479 g/mol. The zero-order valence-corrected chi connectivity index (χ0v) is 20.7. The smallest absolute Gasteiger partial charge is 0.264 e. The molecule has 35 heavy (non-hydrogen) atoms. The zero-order chi connectivity index (χ0) is 24.9. The van der Waals surface area contributed by atoms with Crippen molar-refractivity contribution in [3.63, 3.8) is 0 Å². The molecular weight excluding hydrogens is 443 g/mol. The maximum atomic E-state index is 13.6. The summed E-state index contributed by atoms with van der Waals surface area (Å²) in [6.45, 7) is 8.48. The molecule has 4 rings (SSSR count). The molecule has 0 bridgehead atoms. The Morgan fingerprint density at radius 3 is 2.54 bits per heavy atom. The Kier molecular flexibility index (Phi) is 7.89. The fourth-order valence-electron chi connectivity index (χ4n) is 5.44. The van der Waals surface area contributed by atoms with Crippen LogP contribution in [0.2, 0.25) is 0 Å². The van der Waals surface area contributed by atoms with E-state index in [0.717, 1.165) is 48.8 Å². The van der Waals surface area contributed by atoms with E-state index in [4.69, 9.17) is 4.74 Å². The van der Waals surface area contributed by atoms with E-state index < -0.39 is 6.10 Å². The van der Waals surface area contributed by atoms with Crippen LogP contribution in [0.4, 0.5) is 4.39 Å². The minimum atomic E-state index is -0.592. The van der Waals surface area contributed by atoms with Crippen LogP contribution < -0.4 is 4.74 Å². The molecule has 2 aliphatic rings. The molecule has 0 unspecified atom stereocenters. The summed E-state index contributed by atoms with van der Waals surface area (Å²) < 4.78 is 19.9. The maximum Gasteiger partial charge on any atom is 0.264 e. The molecule has 6 heteroatoms. The largest absolute Gasteiger partial charge is 0.481 e. The number of carbonyl (C=O) groups is 2. The minimum absolute atomic E-state index is 0.00234. The van der Waals surface area contributed by atoms with Gasteiger partial charge in [-0.2, -0.15) is 0 Å². The molecule has 0 radical (unpaired) electrons. The van der Waals surface area contributed by atoms with Crippen LogP contribution in [0, 0.1) is 5.82 Å². The van der Waals surface area contributed by atoms with Gasteiger partial charge in [0.1, 0.15) is 11.6 Å². The van der Waals surface area contributed by atoms with Crippen molar-refractivity contribution in [1.82, 2.24) is 9.80 Å². The lowest BCUT2D eigenvalue weighted by atomic mass is 9.88. The summed E-state index contributed by atoms with van der Waals surface area (Å²) in [6.07, 6.45) is 6.81. The maximum absolute atomic E-state index is 13.6. The molecule has 2 aromatic rings. The molecule has 186 valence electrons. The second-order valence-corrected chi connectivity index (χ2v) is 9.51. The summed E-state index contributed by atoms with van der Waals surface area (Å²) in [6, 6.07) is 12.1. The van der Waals surface area contributed by atoms with Crippen LogP contribution in [0.1, 0.15) is 68.7 Å². The first-order valence-electron chi connectivity index (χ1n) is 12.7. The lowest BCUT2D eigenvalue weighted by Gasteiger charge is -2.37. The molecule has 1 heterocycles. The summed E-state index contributed by atoms with van der Waals surface area (Å²) in [4.78, 5) is 29.7. The van der Waals surface area contributed by atoms with Crippen LogP contribution >= 0.6 is 0 Å². The number of carbonyl (C=O) groups excluding carboxylic acids is 2. The fraction of sp³-hybridized carbons (Fsp3) is 0.448. The van der Waals surface area contributed by atoms with Crippen LogP contribution in [0.3, 0.4) is 0 Å². The van der Waals surface area contributed by atoms with Gasteiger partial charge in [-0.3, -0.25) is 9.59 Å². The third kappa shape index (κ3) is 5.42. The highest BCUT2D eigenvalue weighted by Gasteiger charge is 2.33. The molecule has 1 saturated carbocycles. The Hall–Kier alpha value is -3.15. The van der Waals surface area contributed by atoms with Crippen molar-refractivity contribution in [3.05, 3.63) is 77.6 Å². The lowest BCUT2D eigenvalue weighted by molar-refractivity contribution is -0.140. The summed E-state index contributed by atoms with van der Waals surface area (Å²) in [5, 5.41) is 0. The predicted molar refractivity (Wildman–Crippen MR) is 135 cm³/mol. The Morgan fingerprint density at radius 2 is 1.91 bits per heavy atom. The average Bonchev–Trinajstić information content (AvgIpc) is 3.40. The number of halogens is 1. The van der Waals surface area contributed by atoms with Gasteiger partial charge >= 0.3 is 0 Å². The third-order valence-corrected chi connectivity index (χ3v) is 7.23. The SMILES string of the molecule is C=CCN(C(=O)[C@H](CC)Oc1ccc2c(c1)[C@@H](c1ccc(F)cc1)N(C(C)=O)CC2)C1CCCC1. The van der Waals surface area contributed by atoms with Gasteiger partial charge in [0.25, 0.3) is 5.91 Å². The Labute approximate surface area is 207 Å². The number of hydrogen-bond acceptors (Lipinski definition) is 3. The number of fused-ring (bicyclic) bond motifs is 1. The Bertz CT molecular complexity index is 1060. The quantitative estimate of drug-likeness (QED) is 0.475. The van der Waals surface area contributed by atoms with Gasteiger partial charge in [-0.25, -0.2) is 4.39 Å². The van der Waals surface area contributed by atoms with Crippen molar-refractivity contribution in [1.29, 1.82) is 0 Å². The van der Waals surface area contributed by atoms with E-state index in [0.29, 0.717) is 25.3 Å². The van der Waals surface area contributed by atoms with E-state index in [-0.39, 0.29) is 29.7 Å². The molecule has 0 spiro atoms. The molecule has 0 saturated heterocycles. The van der Waals surface area contributed by atoms with Crippen molar-refractivity contribution < 1.29 is 18.7 Å². The molecule has 1 fully saturated rings. The van der Waals surface area contributed by atoms with E-state index in [1.165, 1.54) is 12.1 Å². The third-order valence-electron chi connectivity index (χ3n) is 7.23. The molecule has 5 nitrogen and oxygen atoms in total. The second-order valence-electron chi connectivity index (χ2n) is 9.51. The van der Waals surface area contributed by atoms with Crippen LogP contribution in [-0.2, 0) is 16.0 Å². The summed E-state index contributed by atoms with van der Waals surface area (Å²) in [5.41, 5.74) is 2.93. The summed E-state index contributed by atoms with van der Waals surface area (Å²) >= 11 is 0. The number of amides is 2. The minimum Gasteiger partial charge on any atom is -0.481 e. The first-order chi connectivity index (χ1) is 16.9. The van der Waals surface area contributed by atoms with Gasteiger partial charge in [-0.1, -0.05) is 44.0 Å². The van der Waals surface area contributed by atoms with E-state index in [9.17, 15) is 14.0 Å². The molecule has 1 aliphatic carbocycles. The van der Waals surface area contributed by atoms with Crippen molar-refractivity contribution in [2.24, 2.45) is 0 Å². The zero-order valence-electron chi connectivity index (χ0n) is 20.7. The highest BCUT2D eigenvalue weighted by Crippen LogP contribution is 2.37. The van der Waals surface area contributed by atoms with Gasteiger partial charge in [0.15, 0.2) is 6.10 Å². The van der Waals surface area contributed by atoms with Crippen LogP contribution in [-0.4, -0.2) is 46.8 Å². The van der Waals surface area contributed by atoms with Crippen molar-refractivity contribution in [2.75, 3.05) is 13.1 Å². The van der Waals surface area contributed by atoms with E-state index in [2.05, 4.69) is 6.58 Å². The standard InChI is InChI=1S/C29H35FN2O3/c1-4-17-32(24-8-6-7-9-24)29(34)27(5-2)35-25-15-12-21-16-18-31(20(3)33)28(26(21)19-25)22-10-13-23(30)14-11-22/h4,10-15,19,24,27-28H,1,5-9,16-18H2,2-3H3/t27-,28+/m0/s1.